The quantitative estimate of drug-likeness (QED) is 0.634. The maximum Gasteiger partial charge on any atom is 0.0922 e. The SMILES string of the molecule is CCC(C)C1(C)CCC(N=O)CC1CC. The van der Waals surface area contributed by atoms with E-state index in [9.17, 15) is 4.91 Å². The smallest absolute Gasteiger partial charge is 0.0922 e. The van der Waals surface area contributed by atoms with Gasteiger partial charge in [-0.2, -0.15) is 4.91 Å². The van der Waals surface area contributed by atoms with Crippen LogP contribution >= 0.6 is 0 Å². The monoisotopic (exact) mass is 211 g/mol. The van der Waals surface area contributed by atoms with Gasteiger partial charge in [-0.05, 0) is 36.5 Å². The molecule has 1 aliphatic rings. The maximum absolute atomic E-state index is 10.6. The summed E-state index contributed by atoms with van der Waals surface area (Å²) in [7, 11) is 0. The fraction of sp³-hybridized carbons (Fsp3) is 1.00. The molecule has 1 aliphatic carbocycles. The molecule has 0 radical (unpaired) electrons. The second-order valence-corrected chi connectivity index (χ2v) is 5.45. The average Bonchev–Trinajstić information content (AvgIpc) is 2.28. The summed E-state index contributed by atoms with van der Waals surface area (Å²) in [4.78, 5) is 10.6. The van der Waals surface area contributed by atoms with E-state index < -0.39 is 0 Å². The summed E-state index contributed by atoms with van der Waals surface area (Å²) >= 11 is 0. The van der Waals surface area contributed by atoms with Crippen molar-refractivity contribution in [2.75, 3.05) is 0 Å². The molecule has 88 valence electrons. The molecule has 2 heteroatoms. The van der Waals surface area contributed by atoms with Crippen molar-refractivity contribution in [3.63, 3.8) is 0 Å². The standard InChI is InChI=1S/C13H25NO/c1-5-10(3)13(4)8-7-12(14-15)9-11(13)6-2/h10-12H,5-9H2,1-4H3. The molecule has 0 bridgehead atoms. The van der Waals surface area contributed by atoms with Crippen LogP contribution in [0.2, 0.25) is 0 Å². The molecule has 1 rings (SSSR count). The van der Waals surface area contributed by atoms with Crippen molar-refractivity contribution in [3.05, 3.63) is 4.91 Å². The Labute approximate surface area is 93.8 Å². The van der Waals surface area contributed by atoms with Crippen LogP contribution in [-0.2, 0) is 0 Å². The highest BCUT2D eigenvalue weighted by Crippen LogP contribution is 2.49. The van der Waals surface area contributed by atoms with Crippen LogP contribution in [0.4, 0.5) is 0 Å². The van der Waals surface area contributed by atoms with Crippen LogP contribution in [0.1, 0.15) is 59.8 Å². The van der Waals surface area contributed by atoms with Crippen LogP contribution in [-0.4, -0.2) is 6.04 Å². The maximum atomic E-state index is 10.6. The molecular weight excluding hydrogens is 186 g/mol. The molecule has 15 heavy (non-hydrogen) atoms. The van der Waals surface area contributed by atoms with Gasteiger partial charge >= 0.3 is 0 Å². The molecule has 4 unspecified atom stereocenters. The third-order valence-corrected chi connectivity index (χ3v) is 4.89. The Morgan fingerprint density at radius 3 is 2.60 bits per heavy atom. The predicted molar refractivity (Wildman–Crippen MR) is 64.8 cm³/mol. The second kappa shape index (κ2) is 5.09. The molecule has 1 saturated carbocycles. The van der Waals surface area contributed by atoms with Crippen molar-refractivity contribution in [1.29, 1.82) is 0 Å². The Morgan fingerprint density at radius 2 is 2.13 bits per heavy atom. The molecule has 0 spiro atoms. The number of rotatable bonds is 4. The zero-order valence-corrected chi connectivity index (χ0v) is 10.6. The number of nitroso groups, excluding NO2 is 1. The van der Waals surface area contributed by atoms with E-state index in [0.29, 0.717) is 11.3 Å². The number of nitrogens with zero attached hydrogens (tertiary/aromatic N) is 1. The van der Waals surface area contributed by atoms with E-state index in [1.54, 1.807) is 0 Å². The fourth-order valence-corrected chi connectivity index (χ4v) is 3.24. The lowest BCUT2D eigenvalue weighted by atomic mass is 9.59. The van der Waals surface area contributed by atoms with Gasteiger partial charge in [-0.25, -0.2) is 0 Å². The van der Waals surface area contributed by atoms with Crippen LogP contribution in [0.3, 0.4) is 0 Å². The highest BCUT2D eigenvalue weighted by Gasteiger charge is 2.42. The summed E-state index contributed by atoms with van der Waals surface area (Å²) in [6, 6.07) is 0.0899. The molecule has 0 aromatic carbocycles. The molecule has 2 nitrogen and oxygen atoms in total. The summed E-state index contributed by atoms with van der Waals surface area (Å²) in [6.45, 7) is 9.29. The van der Waals surface area contributed by atoms with E-state index in [4.69, 9.17) is 0 Å². The van der Waals surface area contributed by atoms with Crippen molar-refractivity contribution in [1.82, 2.24) is 0 Å². The molecule has 1 fully saturated rings. The third kappa shape index (κ3) is 2.40. The molecule has 0 saturated heterocycles. The first-order valence-electron chi connectivity index (χ1n) is 6.40. The minimum absolute atomic E-state index is 0.0899. The summed E-state index contributed by atoms with van der Waals surface area (Å²) in [5.41, 5.74) is 0.435. The Kier molecular flexibility index (Phi) is 4.30. The highest BCUT2D eigenvalue weighted by molar-refractivity contribution is 4.93. The van der Waals surface area contributed by atoms with E-state index in [2.05, 4.69) is 32.9 Å². The van der Waals surface area contributed by atoms with E-state index >= 15 is 0 Å². The molecule has 0 aromatic heterocycles. The summed E-state index contributed by atoms with van der Waals surface area (Å²) in [6.07, 6.45) is 5.62. The zero-order chi connectivity index (χ0) is 11.5. The van der Waals surface area contributed by atoms with Gasteiger partial charge < -0.3 is 0 Å². The molecule has 0 N–H and O–H groups in total. The molecule has 0 aliphatic heterocycles. The van der Waals surface area contributed by atoms with Crippen LogP contribution in [0.25, 0.3) is 0 Å². The Bertz CT molecular complexity index is 217. The van der Waals surface area contributed by atoms with Gasteiger partial charge in [0.2, 0.25) is 0 Å². The van der Waals surface area contributed by atoms with E-state index in [0.717, 1.165) is 18.8 Å². The van der Waals surface area contributed by atoms with Gasteiger partial charge in [-0.3, -0.25) is 0 Å². The Hall–Kier alpha value is -0.400. The van der Waals surface area contributed by atoms with E-state index in [-0.39, 0.29) is 6.04 Å². The van der Waals surface area contributed by atoms with Gasteiger partial charge in [0.15, 0.2) is 0 Å². The lowest BCUT2D eigenvalue weighted by molar-refractivity contribution is 0.0391. The lowest BCUT2D eigenvalue weighted by Crippen LogP contribution is -2.40. The lowest BCUT2D eigenvalue weighted by Gasteiger charge is -2.46. The normalized spacial score (nSPS) is 38.7. The molecule has 0 aromatic rings. The number of hydrogen-bond donors (Lipinski definition) is 0. The van der Waals surface area contributed by atoms with Gasteiger partial charge in [0.05, 0.1) is 6.04 Å². The number of hydrogen-bond acceptors (Lipinski definition) is 2. The minimum Gasteiger partial charge on any atom is -0.151 e. The topological polar surface area (TPSA) is 29.4 Å². The van der Waals surface area contributed by atoms with Crippen LogP contribution in [0.5, 0.6) is 0 Å². The summed E-state index contributed by atoms with van der Waals surface area (Å²) in [5, 5.41) is 3.25. The predicted octanol–water partition coefficient (Wildman–Crippen LogP) is 4.38. The van der Waals surface area contributed by atoms with Gasteiger partial charge in [-0.1, -0.05) is 45.7 Å². The van der Waals surface area contributed by atoms with Crippen molar-refractivity contribution < 1.29 is 0 Å². The van der Waals surface area contributed by atoms with Gasteiger partial charge in [0.1, 0.15) is 0 Å². The summed E-state index contributed by atoms with van der Waals surface area (Å²) < 4.78 is 0. The van der Waals surface area contributed by atoms with E-state index in [1.807, 2.05) is 0 Å². The zero-order valence-electron chi connectivity index (χ0n) is 10.6. The first-order valence-corrected chi connectivity index (χ1v) is 6.40. The van der Waals surface area contributed by atoms with Crippen molar-refractivity contribution in [3.8, 4) is 0 Å². The van der Waals surface area contributed by atoms with Crippen molar-refractivity contribution in [2.45, 2.75) is 65.8 Å². The Morgan fingerprint density at radius 1 is 1.47 bits per heavy atom. The van der Waals surface area contributed by atoms with Crippen LogP contribution in [0.15, 0.2) is 5.18 Å². The van der Waals surface area contributed by atoms with Gasteiger partial charge in [0.25, 0.3) is 0 Å². The first-order chi connectivity index (χ1) is 7.08. The molecule has 0 heterocycles. The second-order valence-electron chi connectivity index (χ2n) is 5.45. The first kappa shape index (κ1) is 12.7. The molecule has 0 amide bonds. The fourth-order valence-electron chi connectivity index (χ4n) is 3.24. The van der Waals surface area contributed by atoms with Crippen LogP contribution in [0, 0.1) is 22.2 Å². The third-order valence-electron chi connectivity index (χ3n) is 4.89. The highest BCUT2D eigenvalue weighted by atomic mass is 16.3. The molecule has 4 atom stereocenters. The molecular formula is C13H25NO. The van der Waals surface area contributed by atoms with Crippen LogP contribution < -0.4 is 0 Å². The van der Waals surface area contributed by atoms with Gasteiger partial charge in [0, 0.05) is 0 Å². The minimum atomic E-state index is 0.0899. The average molecular weight is 211 g/mol. The van der Waals surface area contributed by atoms with Crippen molar-refractivity contribution in [2.24, 2.45) is 22.4 Å². The van der Waals surface area contributed by atoms with Gasteiger partial charge in [-0.15, -0.1) is 0 Å². The van der Waals surface area contributed by atoms with E-state index in [1.165, 1.54) is 19.3 Å². The van der Waals surface area contributed by atoms with Crippen molar-refractivity contribution >= 4 is 0 Å². The largest absolute Gasteiger partial charge is 0.151 e. The summed E-state index contributed by atoms with van der Waals surface area (Å²) in [5.74, 6) is 1.44. The Balaban J connectivity index is 2.76.